The van der Waals surface area contributed by atoms with Crippen molar-refractivity contribution in [3.8, 4) is 11.5 Å². The lowest BCUT2D eigenvalue weighted by Crippen LogP contribution is -2.35. The van der Waals surface area contributed by atoms with E-state index < -0.39 is 0 Å². The molecule has 3 N–H and O–H groups in total. The number of thiocarbonyl (C=S) groups is 1. The molecule has 1 amide bonds. The summed E-state index contributed by atoms with van der Waals surface area (Å²) in [5.41, 5.74) is 5.95. The van der Waals surface area contributed by atoms with Gasteiger partial charge in [-0.1, -0.05) is 12.2 Å². The van der Waals surface area contributed by atoms with Crippen molar-refractivity contribution in [3.63, 3.8) is 0 Å². The van der Waals surface area contributed by atoms with Crippen LogP contribution in [0.2, 0.25) is 0 Å². The summed E-state index contributed by atoms with van der Waals surface area (Å²) < 4.78 is 10.4. The summed E-state index contributed by atoms with van der Waals surface area (Å²) in [5.74, 6) is 1.06. The average Bonchev–Trinajstić information content (AvgIpc) is 2.74. The van der Waals surface area contributed by atoms with Crippen molar-refractivity contribution >= 4 is 23.1 Å². The first kappa shape index (κ1) is 12.6. The Labute approximate surface area is 110 Å². The molecule has 0 spiro atoms. The fraction of sp³-hybridized carbons (Fsp3) is 0.333. The van der Waals surface area contributed by atoms with Gasteiger partial charge in [0.05, 0.1) is 4.99 Å². The Morgan fingerprint density at radius 3 is 2.94 bits per heavy atom. The standard InChI is InChI=1S/C12H14N2O3S/c1-7(4-11(13)18)14-12(15)8-2-3-9-10(5-8)17-6-16-9/h2-3,5,7H,4,6H2,1H3,(H2,13,18)(H,14,15). The van der Waals surface area contributed by atoms with Gasteiger partial charge >= 0.3 is 0 Å². The number of carbonyl (C=O) groups excluding carboxylic acids is 1. The van der Waals surface area contributed by atoms with E-state index in [-0.39, 0.29) is 18.7 Å². The van der Waals surface area contributed by atoms with Gasteiger partial charge in [-0.05, 0) is 25.1 Å². The van der Waals surface area contributed by atoms with Crippen molar-refractivity contribution in [2.24, 2.45) is 5.73 Å². The monoisotopic (exact) mass is 266 g/mol. The zero-order chi connectivity index (χ0) is 13.1. The minimum Gasteiger partial charge on any atom is -0.454 e. The quantitative estimate of drug-likeness (QED) is 0.801. The molecule has 0 saturated carbocycles. The van der Waals surface area contributed by atoms with Gasteiger partial charge in [0.2, 0.25) is 6.79 Å². The number of carbonyl (C=O) groups is 1. The van der Waals surface area contributed by atoms with Gasteiger partial charge in [0, 0.05) is 18.0 Å². The molecule has 1 heterocycles. The van der Waals surface area contributed by atoms with Crippen LogP contribution < -0.4 is 20.5 Å². The van der Waals surface area contributed by atoms with E-state index in [0.29, 0.717) is 28.5 Å². The predicted molar refractivity (Wildman–Crippen MR) is 70.9 cm³/mol. The molecule has 0 radical (unpaired) electrons. The molecule has 0 fully saturated rings. The highest BCUT2D eigenvalue weighted by Crippen LogP contribution is 2.32. The molecular weight excluding hydrogens is 252 g/mol. The first-order valence-corrected chi connectivity index (χ1v) is 5.96. The van der Waals surface area contributed by atoms with Crippen molar-refractivity contribution in [1.82, 2.24) is 5.32 Å². The number of hydrogen-bond acceptors (Lipinski definition) is 4. The van der Waals surface area contributed by atoms with E-state index in [1.165, 1.54) is 0 Å². The summed E-state index contributed by atoms with van der Waals surface area (Å²) in [4.78, 5) is 12.3. The van der Waals surface area contributed by atoms with E-state index in [9.17, 15) is 4.79 Å². The average molecular weight is 266 g/mol. The number of hydrogen-bond donors (Lipinski definition) is 2. The Bertz CT molecular complexity index is 490. The Balaban J connectivity index is 2.03. The summed E-state index contributed by atoms with van der Waals surface area (Å²) in [6, 6.07) is 4.97. The first-order chi connectivity index (χ1) is 8.56. The van der Waals surface area contributed by atoms with Gasteiger partial charge in [0.1, 0.15) is 0 Å². The first-order valence-electron chi connectivity index (χ1n) is 5.55. The third-order valence-electron chi connectivity index (χ3n) is 2.52. The van der Waals surface area contributed by atoms with Crippen molar-refractivity contribution < 1.29 is 14.3 Å². The van der Waals surface area contributed by atoms with Gasteiger partial charge in [-0.3, -0.25) is 4.79 Å². The lowest BCUT2D eigenvalue weighted by molar-refractivity contribution is 0.0941. The summed E-state index contributed by atoms with van der Waals surface area (Å²) in [7, 11) is 0. The van der Waals surface area contributed by atoms with E-state index in [1.807, 2.05) is 6.92 Å². The van der Waals surface area contributed by atoms with Gasteiger partial charge < -0.3 is 20.5 Å². The van der Waals surface area contributed by atoms with Crippen LogP contribution in [0.25, 0.3) is 0 Å². The Morgan fingerprint density at radius 1 is 1.50 bits per heavy atom. The molecular formula is C12H14N2O3S. The molecule has 5 nitrogen and oxygen atoms in total. The van der Waals surface area contributed by atoms with Crippen LogP contribution >= 0.6 is 12.2 Å². The van der Waals surface area contributed by atoms with Crippen LogP contribution in [0.15, 0.2) is 18.2 Å². The molecule has 0 aromatic heterocycles. The van der Waals surface area contributed by atoms with Crippen LogP contribution in [0.1, 0.15) is 23.7 Å². The van der Waals surface area contributed by atoms with E-state index in [0.717, 1.165) is 0 Å². The maximum absolute atomic E-state index is 11.9. The number of benzene rings is 1. The van der Waals surface area contributed by atoms with Crippen LogP contribution in [0, 0.1) is 0 Å². The number of nitrogens with two attached hydrogens (primary N) is 1. The molecule has 0 bridgehead atoms. The van der Waals surface area contributed by atoms with E-state index >= 15 is 0 Å². The van der Waals surface area contributed by atoms with E-state index in [1.54, 1.807) is 18.2 Å². The second-order valence-corrected chi connectivity index (χ2v) is 4.64. The smallest absolute Gasteiger partial charge is 0.251 e. The Kier molecular flexibility index (Phi) is 3.66. The zero-order valence-electron chi connectivity index (χ0n) is 9.93. The normalized spacial score (nSPS) is 14.1. The van der Waals surface area contributed by atoms with Gasteiger partial charge in [0.25, 0.3) is 5.91 Å². The summed E-state index contributed by atoms with van der Waals surface area (Å²) >= 11 is 4.80. The zero-order valence-corrected chi connectivity index (χ0v) is 10.8. The number of nitrogens with one attached hydrogen (secondary N) is 1. The highest BCUT2D eigenvalue weighted by molar-refractivity contribution is 7.80. The molecule has 1 atom stereocenters. The van der Waals surface area contributed by atoms with E-state index in [2.05, 4.69) is 5.32 Å². The largest absolute Gasteiger partial charge is 0.454 e. The van der Waals surface area contributed by atoms with Crippen LogP contribution in [-0.2, 0) is 0 Å². The van der Waals surface area contributed by atoms with Gasteiger partial charge in [-0.15, -0.1) is 0 Å². The Morgan fingerprint density at radius 2 is 2.22 bits per heavy atom. The maximum Gasteiger partial charge on any atom is 0.251 e. The molecule has 18 heavy (non-hydrogen) atoms. The van der Waals surface area contributed by atoms with Gasteiger partial charge in [-0.25, -0.2) is 0 Å². The third-order valence-corrected chi connectivity index (χ3v) is 2.69. The summed E-state index contributed by atoms with van der Waals surface area (Å²) in [5, 5.41) is 2.82. The molecule has 0 aliphatic carbocycles. The Hall–Kier alpha value is -1.82. The second kappa shape index (κ2) is 5.22. The highest BCUT2D eigenvalue weighted by atomic mass is 32.1. The summed E-state index contributed by atoms with van der Waals surface area (Å²) in [6.45, 7) is 2.04. The third kappa shape index (κ3) is 2.89. The molecule has 6 heteroatoms. The molecule has 1 unspecified atom stereocenters. The van der Waals surface area contributed by atoms with Gasteiger partial charge in [-0.2, -0.15) is 0 Å². The molecule has 0 saturated heterocycles. The van der Waals surface area contributed by atoms with Crippen LogP contribution in [0.3, 0.4) is 0 Å². The van der Waals surface area contributed by atoms with Crippen LogP contribution in [0.4, 0.5) is 0 Å². The molecule has 1 aliphatic rings. The second-order valence-electron chi connectivity index (χ2n) is 4.11. The van der Waals surface area contributed by atoms with Crippen molar-refractivity contribution in [3.05, 3.63) is 23.8 Å². The highest BCUT2D eigenvalue weighted by Gasteiger charge is 2.17. The molecule has 1 aromatic rings. The van der Waals surface area contributed by atoms with E-state index in [4.69, 9.17) is 27.4 Å². The molecule has 1 aromatic carbocycles. The van der Waals surface area contributed by atoms with Crippen molar-refractivity contribution in [1.29, 1.82) is 0 Å². The SMILES string of the molecule is CC(CC(N)=S)NC(=O)c1ccc2c(c1)OCO2. The predicted octanol–water partition coefficient (Wildman–Crippen LogP) is 1.21. The maximum atomic E-state index is 11.9. The lowest BCUT2D eigenvalue weighted by Gasteiger charge is -2.13. The number of amides is 1. The van der Waals surface area contributed by atoms with Crippen molar-refractivity contribution in [2.45, 2.75) is 19.4 Å². The molecule has 96 valence electrons. The number of rotatable bonds is 4. The minimum atomic E-state index is -0.183. The number of ether oxygens (including phenoxy) is 2. The molecule has 1 aliphatic heterocycles. The minimum absolute atomic E-state index is 0.0968. The fourth-order valence-electron chi connectivity index (χ4n) is 1.70. The topological polar surface area (TPSA) is 73.6 Å². The van der Waals surface area contributed by atoms with Crippen molar-refractivity contribution in [2.75, 3.05) is 6.79 Å². The lowest BCUT2D eigenvalue weighted by atomic mass is 10.1. The number of fused-ring (bicyclic) bond motifs is 1. The van der Waals surface area contributed by atoms with Crippen LogP contribution in [0.5, 0.6) is 11.5 Å². The van der Waals surface area contributed by atoms with Crippen LogP contribution in [-0.4, -0.2) is 23.7 Å². The molecule has 2 rings (SSSR count). The summed E-state index contributed by atoms with van der Waals surface area (Å²) in [6.07, 6.45) is 0.478. The fourth-order valence-corrected chi connectivity index (χ4v) is 1.95. The van der Waals surface area contributed by atoms with Gasteiger partial charge in [0.15, 0.2) is 11.5 Å².